The molecule has 2 amide bonds. The SMILES string of the molecule is NC(=O)c1c(NC(=O)Cc2ccc(Cl)s2)sc2c1CCN(Cc1ccccc1)C2. The quantitative estimate of drug-likeness (QED) is 0.593. The normalized spacial score (nSPS) is 13.8. The number of thiophene rings is 2. The molecule has 29 heavy (non-hydrogen) atoms. The van der Waals surface area contributed by atoms with Gasteiger partial charge in [-0.25, -0.2) is 0 Å². The van der Waals surface area contributed by atoms with Crippen molar-refractivity contribution in [3.05, 3.63) is 73.2 Å². The maximum absolute atomic E-state index is 12.5. The first-order chi connectivity index (χ1) is 14.0. The van der Waals surface area contributed by atoms with Crippen LogP contribution in [-0.4, -0.2) is 23.3 Å². The van der Waals surface area contributed by atoms with Gasteiger partial charge in [-0.2, -0.15) is 0 Å². The highest BCUT2D eigenvalue weighted by Crippen LogP contribution is 2.37. The molecule has 1 aliphatic rings. The molecule has 0 atom stereocenters. The highest BCUT2D eigenvalue weighted by molar-refractivity contribution is 7.17. The topological polar surface area (TPSA) is 75.4 Å². The van der Waals surface area contributed by atoms with Crippen molar-refractivity contribution in [3.63, 3.8) is 0 Å². The molecule has 0 fully saturated rings. The molecule has 3 aromatic rings. The number of amides is 2. The number of halogens is 1. The average molecular weight is 446 g/mol. The van der Waals surface area contributed by atoms with Gasteiger partial charge in [0.2, 0.25) is 5.91 Å². The molecule has 3 heterocycles. The van der Waals surface area contributed by atoms with Crippen molar-refractivity contribution in [2.45, 2.75) is 25.9 Å². The van der Waals surface area contributed by atoms with Gasteiger partial charge < -0.3 is 11.1 Å². The van der Waals surface area contributed by atoms with Gasteiger partial charge in [-0.05, 0) is 29.7 Å². The summed E-state index contributed by atoms with van der Waals surface area (Å²) in [5.41, 5.74) is 8.35. The first-order valence-electron chi connectivity index (χ1n) is 9.24. The van der Waals surface area contributed by atoms with E-state index in [1.807, 2.05) is 24.3 Å². The van der Waals surface area contributed by atoms with E-state index in [1.54, 1.807) is 6.07 Å². The number of carbonyl (C=O) groups excluding carboxylic acids is 2. The molecule has 1 aliphatic heterocycles. The average Bonchev–Trinajstić information content (AvgIpc) is 3.24. The molecule has 0 unspecified atom stereocenters. The Kier molecular flexibility index (Phi) is 6.01. The maximum atomic E-state index is 12.5. The first kappa shape index (κ1) is 20.1. The van der Waals surface area contributed by atoms with Crippen LogP contribution in [-0.2, 0) is 30.7 Å². The van der Waals surface area contributed by atoms with Crippen LogP contribution in [0.2, 0.25) is 4.34 Å². The van der Waals surface area contributed by atoms with Gasteiger partial charge in [0.15, 0.2) is 0 Å². The Morgan fingerprint density at radius 3 is 2.62 bits per heavy atom. The Hall–Kier alpha value is -2.19. The fraction of sp³-hybridized carbons (Fsp3) is 0.238. The van der Waals surface area contributed by atoms with Crippen molar-refractivity contribution >= 4 is 51.1 Å². The van der Waals surface area contributed by atoms with E-state index in [2.05, 4.69) is 22.3 Å². The lowest BCUT2D eigenvalue weighted by atomic mass is 10.0. The lowest BCUT2D eigenvalue weighted by Gasteiger charge is -2.27. The first-order valence-corrected chi connectivity index (χ1v) is 11.3. The zero-order valence-electron chi connectivity index (χ0n) is 15.6. The largest absolute Gasteiger partial charge is 0.365 e. The van der Waals surface area contributed by atoms with Crippen molar-refractivity contribution in [2.24, 2.45) is 5.73 Å². The molecule has 4 rings (SSSR count). The van der Waals surface area contributed by atoms with Gasteiger partial charge in [0.25, 0.3) is 5.91 Å². The predicted octanol–water partition coefficient (Wildman–Crippen LogP) is 4.30. The fourth-order valence-electron chi connectivity index (χ4n) is 3.56. The lowest BCUT2D eigenvalue weighted by molar-refractivity contribution is -0.115. The second kappa shape index (κ2) is 8.67. The fourth-order valence-corrected chi connectivity index (χ4v) is 5.96. The molecule has 8 heteroatoms. The second-order valence-electron chi connectivity index (χ2n) is 6.95. The van der Waals surface area contributed by atoms with Crippen LogP contribution in [0.15, 0.2) is 42.5 Å². The molecule has 0 aliphatic carbocycles. The predicted molar refractivity (Wildman–Crippen MR) is 119 cm³/mol. The Morgan fingerprint density at radius 1 is 1.14 bits per heavy atom. The third kappa shape index (κ3) is 4.70. The van der Waals surface area contributed by atoms with Gasteiger partial charge in [-0.15, -0.1) is 22.7 Å². The number of benzene rings is 1. The van der Waals surface area contributed by atoms with E-state index in [9.17, 15) is 9.59 Å². The highest BCUT2D eigenvalue weighted by Gasteiger charge is 2.27. The molecule has 1 aromatic carbocycles. The number of hydrogen-bond acceptors (Lipinski definition) is 5. The standard InChI is InChI=1S/C21H20ClN3O2S2/c22-17-7-6-14(28-17)10-18(26)24-21-19(20(23)27)15-8-9-25(12-16(15)29-21)11-13-4-2-1-3-5-13/h1-7H,8-12H2,(H2,23,27)(H,24,26). The number of carbonyl (C=O) groups is 2. The van der Waals surface area contributed by atoms with E-state index in [1.165, 1.54) is 28.2 Å². The number of rotatable bonds is 6. The molecule has 0 radical (unpaired) electrons. The van der Waals surface area contributed by atoms with Crippen LogP contribution in [0.4, 0.5) is 5.00 Å². The second-order valence-corrected chi connectivity index (χ2v) is 9.85. The molecule has 0 saturated heterocycles. The van der Waals surface area contributed by atoms with Crippen molar-refractivity contribution < 1.29 is 9.59 Å². The van der Waals surface area contributed by atoms with Gasteiger partial charge in [0.05, 0.1) is 16.3 Å². The number of nitrogens with one attached hydrogen (secondary N) is 1. The number of nitrogens with zero attached hydrogens (tertiary/aromatic N) is 1. The monoisotopic (exact) mass is 445 g/mol. The van der Waals surface area contributed by atoms with Crippen LogP contribution in [0.25, 0.3) is 0 Å². The zero-order chi connectivity index (χ0) is 20.4. The van der Waals surface area contributed by atoms with Gasteiger partial charge in [-0.3, -0.25) is 14.5 Å². The third-order valence-electron chi connectivity index (χ3n) is 4.85. The third-order valence-corrected chi connectivity index (χ3v) is 7.21. The summed E-state index contributed by atoms with van der Waals surface area (Å²) in [7, 11) is 0. The van der Waals surface area contributed by atoms with Gasteiger partial charge >= 0.3 is 0 Å². The Bertz CT molecular complexity index is 1050. The summed E-state index contributed by atoms with van der Waals surface area (Å²) in [5, 5.41) is 3.45. The van der Waals surface area contributed by atoms with Crippen LogP contribution in [0, 0.1) is 0 Å². The van der Waals surface area contributed by atoms with Crippen LogP contribution < -0.4 is 11.1 Å². The number of nitrogens with two attached hydrogens (primary N) is 1. The molecule has 3 N–H and O–H groups in total. The summed E-state index contributed by atoms with van der Waals surface area (Å²) in [6.07, 6.45) is 0.964. The van der Waals surface area contributed by atoms with E-state index in [4.69, 9.17) is 17.3 Å². The maximum Gasteiger partial charge on any atom is 0.251 e. The Morgan fingerprint density at radius 2 is 1.93 bits per heavy atom. The van der Waals surface area contributed by atoms with Crippen LogP contribution >= 0.6 is 34.3 Å². The molecule has 2 aromatic heterocycles. The zero-order valence-corrected chi connectivity index (χ0v) is 18.0. The Balaban J connectivity index is 1.50. The summed E-state index contributed by atoms with van der Waals surface area (Å²) in [6.45, 7) is 2.44. The number of anilines is 1. The molecule has 0 saturated carbocycles. The van der Waals surface area contributed by atoms with E-state index < -0.39 is 5.91 Å². The molecule has 0 spiro atoms. The van der Waals surface area contributed by atoms with Crippen molar-refractivity contribution in [3.8, 4) is 0 Å². The molecule has 150 valence electrons. The van der Waals surface area contributed by atoms with Crippen LogP contribution in [0.5, 0.6) is 0 Å². The molecule has 0 bridgehead atoms. The number of primary amides is 1. The van der Waals surface area contributed by atoms with E-state index in [0.29, 0.717) is 14.9 Å². The minimum absolute atomic E-state index is 0.175. The van der Waals surface area contributed by atoms with E-state index >= 15 is 0 Å². The summed E-state index contributed by atoms with van der Waals surface area (Å²) >= 11 is 8.76. The number of hydrogen-bond donors (Lipinski definition) is 2. The summed E-state index contributed by atoms with van der Waals surface area (Å²) in [6, 6.07) is 13.9. The van der Waals surface area contributed by atoms with Gasteiger partial charge in [0, 0.05) is 29.4 Å². The summed E-state index contributed by atoms with van der Waals surface area (Å²) in [4.78, 5) is 28.9. The van der Waals surface area contributed by atoms with Crippen LogP contribution in [0.1, 0.15) is 31.2 Å². The molecule has 5 nitrogen and oxygen atoms in total. The Labute approximate surface area is 182 Å². The van der Waals surface area contributed by atoms with Gasteiger partial charge in [-0.1, -0.05) is 41.9 Å². The minimum Gasteiger partial charge on any atom is -0.365 e. The summed E-state index contributed by atoms with van der Waals surface area (Å²) < 4.78 is 0.649. The smallest absolute Gasteiger partial charge is 0.251 e. The van der Waals surface area contributed by atoms with Crippen LogP contribution in [0.3, 0.4) is 0 Å². The van der Waals surface area contributed by atoms with Crippen molar-refractivity contribution in [1.82, 2.24) is 4.90 Å². The molecular formula is C21H20ClN3O2S2. The van der Waals surface area contributed by atoms with Gasteiger partial charge in [0.1, 0.15) is 5.00 Å². The van der Waals surface area contributed by atoms with E-state index in [0.717, 1.165) is 41.4 Å². The summed E-state index contributed by atoms with van der Waals surface area (Å²) in [5.74, 6) is -0.667. The van der Waals surface area contributed by atoms with Crippen molar-refractivity contribution in [2.75, 3.05) is 11.9 Å². The van der Waals surface area contributed by atoms with Crippen molar-refractivity contribution in [1.29, 1.82) is 0 Å². The van der Waals surface area contributed by atoms with E-state index in [-0.39, 0.29) is 12.3 Å². The molecular weight excluding hydrogens is 426 g/mol. The number of fused-ring (bicyclic) bond motifs is 1. The minimum atomic E-state index is -0.492. The lowest BCUT2D eigenvalue weighted by Crippen LogP contribution is -2.30. The highest BCUT2D eigenvalue weighted by atomic mass is 35.5.